The molecule has 0 saturated carbocycles. The Morgan fingerprint density at radius 3 is 2.48 bits per heavy atom. The van der Waals surface area contributed by atoms with E-state index in [1.807, 2.05) is 18.2 Å². The van der Waals surface area contributed by atoms with Gasteiger partial charge in [-0.3, -0.25) is 9.59 Å². The minimum Gasteiger partial charge on any atom is -0.481 e. The second-order valence-corrected chi connectivity index (χ2v) is 7.27. The molecule has 1 atom stereocenters. The third-order valence-corrected chi connectivity index (χ3v) is 4.48. The van der Waals surface area contributed by atoms with E-state index < -0.39 is 5.97 Å². The van der Waals surface area contributed by atoms with Crippen LogP contribution < -0.4 is 0 Å². The van der Waals surface area contributed by atoms with Gasteiger partial charge in [-0.1, -0.05) is 49.3 Å². The summed E-state index contributed by atoms with van der Waals surface area (Å²) in [7, 11) is 0. The van der Waals surface area contributed by atoms with Gasteiger partial charge in [-0.05, 0) is 36.0 Å². The molecule has 0 radical (unpaired) electrons. The molecule has 0 aliphatic carbocycles. The maximum absolute atomic E-state index is 11.4. The molecule has 1 aromatic rings. The van der Waals surface area contributed by atoms with Gasteiger partial charge in [0.25, 0.3) is 0 Å². The molecule has 5 heteroatoms. The van der Waals surface area contributed by atoms with Gasteiger partial charge >= 0.3 is 5.97 Å². The Balaban J connectivity index is 2.93. The smallest absolute Gasteiger partial charge is 0.303 e. The Bertz CT molecular complexity index is 514. The van der Waals surface area contributed by atoms with Crippen LogP contribution in [0.25, 0.3) is 0 Å². The van der Waals surface area contributed by atoms with Crippen LogP contribution in [-0.2, 0) is 16.0 Å². The second-order valence-electron chi connectivity index (χ2n) is 5.48. The van der Waals surface area contributed by atoms with E-state index in [1.165, 1.54) is 6.92 Å². The molecule has 0 amide bonds. The van der Waals surface area contributed by atoms with Crippen molar-refractivity contribution in [2.75, 3.05) is 0 Å². The molecule has 1 rings (SSSR count). The summed E-state index contributed by atoms with van der Waals surface area (Å²) in [4.78, 5) is 22.1. The lowest BCUT2D eigenvalue weighted by Gasteiger charge is -2.16. The van der Waals surface area contributed by atoms with Crippen LogP contribution in [0.4, 0.5) is 0 Å². The van der Waals surface area contributed by atoms with Crippen molar-refractivity contribution in [2.45, 2.75) is 45.3 Å². The summed E-state index contributed by atoms with van der Waals surface area (Å²) in [6, 6.07) is 5.79. The highest BCUT2D eigenvalue weighted by atomic mass is 35.5. The molecule has 1 aromatic carbocycles. The molecule has 0 aliphatic rings. The Morgan fingerprint density at radius 1 is 1.33 bits per heavy atom. The molecule has 1 unspecified atom stereocenters. The van der Waals surface area contributed by atoms with Crippen LogP contribution in [0, 0.1) is 5.92 Å². The van der Waals surface area contributed by atoms with Gasteiger partial charge in [0.05, 0.1) is 0 Å². The Kier molecular flexibility index (Phi) is 7.26. The van der Waals surface area contributed by atoms with Crippen LogP contribution in [0.15, 0.2) is 18.2 Å². The molecule has 116 valence electrons. The van der Waals surface area contributed by atoms with Crippen molar-refractivity contribution in [3.63, 3.8) is 0 Å². The highest BCUT2D eigenvalue weighted by Crippen LogP contribution is 2.36. The highest BCUT2D eigenvalue weighted by Gasteiger charge is 2.17. The lowest BCUT2D eigenvalue weighted by Crippen LogP contribution is -2.03. The number of halogens is 1. The summed E-state index contributed by atoms with van der Waals surface area (Å²) in [5.41, 5.74) is 1.99. The van der Waals surface area contributed by atoms with Crippen molar-refractivity contribution in [2.24, 2.45) is 5.92 Å². The van der Waals surface area contributed by atoms with Crippen molar-refractivity contribution in [3.05, 3.63) is 34.3 Å². The largest absolute Gasteiger partial charge is 0.481 e. The number of rotatable bonds is 7. The zero-order valence-corrected chi connectivity index (χ0v) is 14.1. The molecule has 0 bridgehead atoms. The van der Waals surface area contributed by atoms with Crippen LogP contribution in [0.5, 0.6) is 0 Å². The van der Waals surface area contributed by atoms with Gasteiger partial charge < -0.3 is 5.11 Å². The van der Waals surface area contributed by atoms with Gasteiger partial charge in [0.1, 0.15) is 0 Å². The summed E-state index contributed by atoms with van der Waals surface area (Å²) < 4.78 is 0. The molecule has 0 saturated heterocycles. The highest BCUT2D eigenvalue weighted by molar-refractivity contribution is 8.13. The number of aliphatic carboxylic acids is 1. The molecule has 3 nitrogen and oxygen atoms in total. The Hall–Kier alpha value is -1.00. The number of carbonyl (C=O) groups excluding carboxylic acids is 1. The van der Waals surface area contributed by atoms with Gasteiger partial charge in [-0.15, -0.1) is 0 Å². The van der Waals surface area contributed by atoms with E-state index in [9.17, 15) is 9.59 Å². The molecule has 0 aromatic heterocycles. The van der Waals surface area contributed by atoms with E-state index in [0.717, 1.165) is 29.3 Å². The van der Waals surface area contributed by atoms with E-state index in [-0.39, 0.29) is 16.8 Å². The monoisotopic (exact) mass is 328 g/mol. The van der Waals surface area contributed by atoms with Crippen molar-refractivity contribution >= 4 is 34.4 Å². The number of carboxylic acids is 1. The Morgan fingerprint density at radius 2 is 2.00 bits per heavy atom. The van der Waals surface area contributed by atoms with E-state index in [1.54, 1.807) is 0 Å². The number of thioether (sulfide) groups is 1. The Labute approximate surface area is 135 Å². The normalized spacial score (nSPS) is 12.4. The molecule has 0 spiro atoms. The van der Waals surface area contributed by atoms with Crippen LogP contribution in [0.1, 0.15) is 50.0 Å². The fourth-order valence-electron chi connectivity index (χ4n) is 2.12. The zero-order valence-electron chi connectivity index (χ0n) is 12.6. The zero-order chi connectivity index (χ0) is 16.0. The maximum atomic E-state index is 11.4. The average molecular weight is 329 g/mol. The first-order valence-corrected chi connectivity index (χ1v) is 8.22. The van der Waals surface area contributed by atoms with E-state index in [4.69, 9.17) is 16.7 Å². The van der Waals surface area contributed by atoms with Gasteiger partial charge in [0.15, 0.2) is 5.12 Å². The lowest BCUT2D eigenvalue weighted by molar-refractivity contribution is -0.137. The number of hydrogen-bond donors (Lipinski definition) is 1. The predicted molar refractivity (Wildman–Crippen MR) is 87.9 cm³/mol. The minimum atomic E-state index is -0.855. The van der Waals surface area contributed by atoms with Crippen LogP contribution in [-0.4, -0.2) is 16.2 Å². The van der Waals surface area contributed by atoms with Crippen LogP contribution in [0.3, 0.4) is 0 Å². The quantitative estimate of drug-likeness (QED) is 0.786. The molecule has 0 fully saturated rings. The maximum Gasteiger partial charge on any atom is 0.303 e. The van der Waals surface area contributed by atoms with Gasteiger partial charge in [-0.25, -0.2) is 0 Å². The van der Waals surface area contributed by atoms with Crippen molar-refractivity contribution < 1.29 is 14.7 Å². The summed E-state index contributed by atoms with van der Waals surface area (Å²) in [5.74, 6) is -0.338. The lowest BCUT2D eigenvalue weighted by atomic mass is 9.99. The van der Waals surface area contributed by atoms with E-state index in [2.05, 4.69) is 13.8 Å². The first-order valence-electron chi connectivity index (χ1n) is 6.97. The molecule has 0 heterocycles. The van der Waals surface area contributed by atoms with Gasteiger partial charge in [0.2, 0.25) is 0 Å². The van der Waals surface area contributed by atoms with Crippen molar-refractivity contribution in [3.8, 4) is 0 Å². The SMILES string of the molecule is CC(=O)SC(CCC(=O)O)c1ccc(CC(C)C)c(Cl)c1. The van der Waals surface area contributed by atoms with Crippen molar-refractivity contribution in [1.82, 2.24) is 0 Å². The molecule has 1 N–H and O–H groups in total. The molecular formula is C16H21ClO3S. The summed E-state index contributed by atoms with van der Waals surface area (Å²) in [5, 5.41) is 9.32. The number of carboxylic acid groups (broad SMARTS) is 1. The topological polar surface area (TPSA) is 54.4 Å². The third kappa shape index (κ3) is 6.53. The third-order valence-electron chi connectivity index (χ3n) is 3.01. The predicted octanol–water partition coefficient (Wildman–Crippen LogP) is 4.72. The fraction of sp³-hybridized carbons (Fsp3) is 0.500. The average Bonchev–Trinajstić information content (AvgIpc) is 2.36. The number of hydrogen-bond acceptors (Lipinski definition) is 3. The summed E-state index contributed by atoms with van der Waals surface area (Å²) in [6.07, 6.45) is 1.36. The van der Waals surface area contributed by atoms with Crippen LogP contribution in [0.2, 0.25) is 5.02 Å². The first-order chi connectivity index (χ1) is 9.79. The van der Waals surface area contributed by atoms with Gasteiger partial charge in [-0.2, -0.15) is 0 Å². The van der Waals surface area contributed by atoms with E-state index >= 15 is 0 Å². The summed E-state index contributed by atoms with van der Waals surface area (Å²) in [6.45, 7) is 5.75. The number of benzene rings is 1. The second kappa shape index (κ2) is 8.44. The first kappa shape index (κ1) is 18.1. The van der Waals surface area contributed by atoms with Crippen LogP contribution >= 0.6 is 23.4 Å². The standard InChI is InChI=1S/C16H21ClO3S/c1-10(2)8-12-4-5-13(9-14(12)17)15(21-11(3)18)6-7-16(19)20/h4-5,9-10,15H,6-8H2,1-3H3,(H,19,20). The van der Waals surface area contributed by atoms with E-state index in [0.29, 0.717) is 17.4 Å². The molecule has 21 heavy (non-hydrogen) atoms. The summed E-state index contributed by atoms with van der Waals surface area (Å²) >= 11 is 7.47. The minimum absolute atomic E-state index is 0.0206. The molecular weight excluding hydrogens is 308 g/mol. The molecule has 0 aliphatic heterocycles. The number of carbonyl (C=O) groups is 2. The van der Waals surface area contributed by atoms with Gasteiger partial charge in [0, 0.05) is 23.6 Å². The fourth-order valence-corrected chi connectivity index (χ4v) is 3.30. The van der Waals surface area contributed by atoms with Crippen molar-refractivity contribution in [1.29, 1.82) is 0 Å².